The number of likely N-dealkylation sites (N-methyl/N-ethyl adjacent to an activating group) is 1. The van der Waals surface area contributed by atoms with Gasteiger partial charge in [-0.25, -0.2) is 0 Å². The predicted octanol–water partition coefficient (Wildman–Crippen LogP) is 0.886. The van der Waals surface area contributed by atoms with Crippen molar-refractivity contribution in [2.75, 3.05) is 33.9 Å². The number of alkyl halides is 1. The summed E-state index contributed by atoms with van der Waals surface area (Å²) in [6, 6.07) is 0.523. The Morgan fingerprint density at radius 2 is 2.09 bits per heavy atom. The maximum absolute atomic E-state index is 11.6. The number of rotatable bonds is 6. The van der Waals surface area contributed by atoms with Crippen molar-refractivity contribution in [3.63, 3.8) is 0 Å². The predicted molar refractivity (Wildman–Crippen MR) is 46.6 cm³/mol. The van der Waals surface area contributed by atoms with Gasteiger partial charge in [0.05, 0.1) is 6.67 Å². The van der Waals surface area contributed by atoms with Gasteiger partial charge in [-0.3, -0.25) is 4.39 Å². The molecule has 11 heavy (non-hydrogen) atoms. The molecule has 2 nitrogen and oxygen atoms in total. The first-order valence-electron chi connectivity index (χ1n) is 4.11. The first-order valence-corrected chi connectivity index (χ1v) is 4.11. The van der Waals surface area contributed by atoms with Crippen LogP contribution in [0, 0.1) is 0 Å². The lowest BCUT2D eigenvalue weighted by molar-refractivity contribution is 0.301. The maximum Gasteiger partial charge on any atom is 0.0906 e. The van der Waals surface area contributed by atoms with Gasteiger partial charge in [-0.05, 0) is 34.0 Å². The molecule has 0 aliphatic rings. The zero-order valence-corrected chi connectivity index (χ0v) is 7.73. The summed E-state index contributed by atoms with van der Waals surface area (Å²) in [6.07, 6.45) is 0.625. The minimum Gasteiger partial charge on any atom is -0.315 e. The fraction of sp³-hybridized carbons (Fsp3) is 1.00. The SMILES string of the molecule is CC(CNCCCF)N(C)C. The van der Waals surface area contributed by atoms with E-state index in [-0.39, 0.29) is 6.67 Å². The summed E-state index contributed by atoms with van der Waals surface area (Å²) in [5, 5.41) is 3.19. The van der Waals surface area contributed by atoms with Crippen LogP contribution in [0.2, 0.25) is 0 Å². The zero-order valence-electron chi connectivity index (χ0n) is 7.73. The van der Waals surface area contributed by atoms with Crippen molar-refractivity contribution in [3.8, 4) is 0 Å². The highest BCUT2D eigenvalue weighted by molar-refractivity contribution is 4.62. The molecule has 68 valence electrons. The zero-order chi connectivity index (χ0) is 8.69. The highest BCUT2D eigenvalue weighted by Gasteiger charge is 2.01. The average molecular weight is 162 g/mol. The molecule has 1 atom stereocenters. The molecule has 0 aromatic heterocycles. The number of nitrogens with zero attached hydrogens (tertiary/aromatic N) is 1. The van der Waals surface area contributed by atoms with E-state index in [9.17, 15) is 4.39 Å². The molecular formula is C8H19FN2. The monoisotopic (exact) mass is 162 g/mol. The summed E-state index contributed by atoms with van der Waals surface area (Å²) in [6.45, 7) is 3.65. The van der Waals surface area contributed by atoms with Gasteiger partial charge >= 0.3 is 0 Å². The second kappa shape index (κ2) is 6.55. The Bertz CT molecular complexity index is 86.2. The molecule has 0 spiro atoms. The quantitative estimate of drug-likeness (QED) is 0.583. The topological polar surface area (TPSA) is 15.3 Å². The van der Waals surface area contributed by atoms with E-state index in [1.165, 1.54) is 0 Å². The smallest absolute Gasteiger partial charge is 0.0906 e. The Labute approximate surface area is 68.8 Å². The minimum absolute atomic E-state index is 0.219. The highest BCUT2D eigenvalue weighted by atomic mass is 19.1. The van der Waals surface area contributed by atoms with Crippen LogP contribution in [0.4, 0.5) is 4.39 Å². The highest BCUT2D eigenvalue weighted by Crippen LogP contribution is 1.88. The van der Waals surface area contributed by atoms with Crippen LogP contribution < -0.4 is 5.32 Å². The molecule has 0 fully saturated rings. The Balaban J connectivity index is 3.10. The number of hydrogen-bond donors (Lipinski definition) is 1. The van der Waals surface area contributed by atoms with E-state index in [1.807, 2.05) is 14.1 Å². The van der Waals surface area contributed by atoms with E-state index in [0.29, 0.717) is 12.5 Å². The van der Waals surface area contributed by atoms with Crippen LogP contribution >= 0.6 is 0 Å². The van der Waals surface area contributed by atoms with Crippen molar-refractivity contribution in [1.29, 1.82) is 0 Å². The Hall–Kier alpha value is -0.150. The van der Waals surface area contributed by atoms with Gasteiger partial charge in [0.2, 0.25) is 0 Å². The summed E-state index contributed by atoms with van der Waals surface area (Å²) >= 11 is 0. The van der Waals surface area contributed by atoms with Crippen molar-refractivity contribution in [3.05, 3.63) is 0 Å². The summed E-state index contributed by atoms with van der Waals surface area (Å²) in [7, 11) is 4.09. The van der Waals surface area contributed by atoms with E-state index < -0.39 is 0 Å². The van der Waals surface area contributed by atoms with E-state index >= 15 is 0 Å². The largest absolute Gasteiger partial charge is 0.315 e. The van der Waals surface area contributed by atoms with Gasteiger partial charge in [-0.1, -0.05) is 0 Å². The first kappa shape index (κ1) is 10.8. The van der Waals surface area contributed by atoms with Crippen LogP contribution in [0.5, 0.6) is 0 Å². The Morgan fingerprint density at radius 1 is 1.45 bits per heavy atom. The summed E-state index contributed by atoms with van der Waals surface area (Å²) in [5.41, 5.74) is 0. The molecule has 0 aromatic carbocycles. The average Bonchev–Trinajstić information content (AvgIpc) is 1.97. The van der Waals surface area contributed by atoms with Gasteiger partial charge in [0.1, 0.15) is 0 Å². The summed E-state index contributed by atoms with van der Waals surface area (Å²) < 4.78 is 11.6. The number of hydrogen-bond acceptors (Lipinski definition) is 2. The molecule has 3 heteroatoms. The van der Waals surface area contributed by atoms with Gasteiger partial charge in [-0.2, -0.15) is 0 Å². The van der Waals surface area contributed by atoms with E-state index in [4.69, 9.17) is 0 Å². The van der Waals surface area contributed by atoms with Crippen LogP contribution in [0.25, 0.3) is 0 Å². The van der Waals surface area contributed by atoms with Crippen molar-refractivity contribution >= 4 is 0 Å². The fourth-order valence-corrected chi connectivity index (χ4v) is 0.685. The second-order valence-electron chi connectivity index (χ2n) is 3.06. The minimum atomic E-state index is -0.219. The maximum atomic E-state index is 11.6. The van der Waals surface area contributed by atoms with Gasteiger partial charge in [0.25, 0.3) is 0 Å². The van der Waals surface area contributed by atoms with Crippen molar-refractivity contribution < 1.29 is 4.39 Å². The standard InChI is InChI=1S/C8H19FN2/c1-8(11(2)3)7-10-6-4-5-9/h8,10H,4-7H2,1-3H3. The molecular weight excluding hydrogens is 143 g/mol. The lowest BCUT2D eigenvalue weighted by Gasteiger charge is -2.19. The third kappa shape index (κ3) is 6.26. The third-order valence-electron chi connectivity index (χ3n) is 1.81. The molecule has 0 aromatic rings. The molecule has 0 bridgehead atoms. The molecule has 0 amide bonds. The summed E-state index contributed by atoms with van der Waals surface area (Å²) in [4.78, 5) is 2.14. The second-order valence-corrected chi connectivity index (χ2v) is 3.06. The van der Waals surface area contributed by atoms with Crippen LogP contribution in [0.3, 0.4) is 0 Å². The first-order chi connectivity index (χ1) is 5.18. The Kier molecular flexibility index (Phi) is 6.46. The van der Waals surface area contributed by atoms with E-state index in [0.717, 1.165) is 13.1 Å². The number of nitrogens with one attached hydrogen (secondary N) is 1. The molecule has 1 N–H and O–H groups in total. The van der Waals surface area contributed by atoms with E-state index in [2.05, 4.69) is 17.1 Å². The lowest BCUT2D eigenvalue weighted by atomic mass is 10.3. The van der Waals surface area contributed by atoms with Crippen molar-refractivity contribution in [2.45, 2.75) is 19.4 Å². The van der Waals surface area contributed by atoms with Crippen LogP contribution in [0.15, 0.2) is 0 Å². The molecule has 0 saturated heterocycles. The van der Waals surface area contributed by atoms with Gasteiger partial charge in [-0.15, -0.1) is 0 Å². The van der Waals surface area contributed by atoms with Gasteiger partial charge in [0.15, 0.2) is 0 Å². The molecule has 0 rings (SSSR count). The molecule has 0 heterocycles. The molecule has 1 unspecified atom stereocenters. The van der Waals surface area contributed by atoms with Crippen LogP contribution in [-0.4, -0.2) is 44.8 Å². The number of halogens is 1. The fourth-order valence-electron chi connectivity index (χ4n) is 0.685. The van der Waals surface area contributed by atoms with Crippen molar-refractivity contribution in [2.24, 2.45) is 0 Å². The normalized spacial score (nSPS) is 13.9. The van der Waals surface area contributed by atoms with Crippen LogP contribution in [0.1, 0.15) is 13.3 Å². The van der Waals surface area contributed by atoms with Gasteiger partial charge in [0, 0.05) is 12.6 Å². The molecule has 0 aliphatic heterocycles. The van der Waals surface area contributed by atoms with Gasteiger partial charge < -0.3 is 10.2 Å². The lowest BCUT2D eigenvalue weighted by Crippen LogP contribution is -2.35. The van der Waals surface area contributed by atoms with E-state index in [1.54, 1.807) is 0 Å². The van der Waals surface area contributed by atoms with Crippen LogP contribution in [-0.2, 0) is 0 Å². The molecule has 0 radical (unpaired) electrons. The Morgan fingerprint density at radius 3 is 2.55 bits per heavy atom. The summed E-state index contributed by atoms with van der Waals surface area (Å²) in [5.74, 6) is 0. The van der Waals surface area contributed by atoms with Crippen molar-refractivity contribution in [1.82, 2.24) is 10.2 Å². The third-order valence-corrected chi connectivity index (χ3v) is 1.81. The molecule has 0 saturated carbocycles. The molecule has 0 aliphatic carbocycles.